The number of hydrogen-bond donors (Lipinski definition) is 1. The molecule has 0 aliphatic carbocycles. The van der Waals surface area contributed by atoms with Gasteiger partial charge in [-0.05, 0) is 29.7 Å². The van der Waals surface area contributed by atoms with E-state index in [1.807, 2.05) is 37.3 Å². The topological polar surface area (TPSA) is 60.0 Å². The van der Waals surface area contributed by atoms with Gasteiger partial charge in [-0.3, -0.25) is 9.69 Å². The zero-order valence-electron chi connectivity index (χ0n) is 17.2. The smallest absolute Gasteiger partial charge is 0.261 e. The van der Waals surface area contributed by atoms with E-state index >= 15 is 0 Å². The van der Waals surface area contributed by atoms with Gasteiger partial charge >= 0.3 is 0 Å². The third kappa shape index (κ3) is 6.48. The minimum absolute atomic E-state index is 0.117. The molecule has 2 aromatic carbocycles. The summed E-state index contributed by atoms with van der Waals surface area (Å²) < 4.78 is 16.5. The second-order valence-electron chi connectivity index (χ2n) is 7.12. The molecule has 1 atom stereocenters. The van der Waals surface area contributed by atoms with Gasteiger partial charge in [-0.15, -0.1) is 0 Å². The minimum Gasteiger partial charge on any atom is -0.497 e. The largest absolute Gasteiger partial charge is 0.497 e. The molecule has 0 radical (unpaired) electrons. The second kappa shape index (κ2) is 10.8. The summed E-state index contributed by atoms with van der Waals surface area (Å²) in [6.45, 7) is 6.83. The van der Waals surface area contributed by atoms with Crippen molar-refractivity contribution < 1.29 is 19.0 Å². The van der Waals surface area contributed by atoms with Crippen LogP contribution in [0.4, 0.5) is 0 Å². The Kier molecular flexibility index (Phi) is 7.90. The molecule has 1 aliphatic heterocycles. The number of nitrogens with zero attached hydrogens (tertiary/aromatic N) is 1. The zero-order chi connectivity index (χ0) is 20.5. The average molecular weight is 399 g/mol. The monoisotopic (exact) mass is 398 g/mol. The number of nitrogens with one attached hydrogen (secondary N) is 1. The number of rotatable bonds is 9. The first-order valence-corrected chi connectivity index (χ1v) is 10.1. The van der Waals surface area contributed by atoms with Crippen molar-refractivity contribution in [1.82, 2.24) is 10.2 Å². The van der Waals surface area contributed by atoms with Gasteiger partial charge in [0.1, 0.15) is 11.5 Å². The summed E-state index contributed by atoms with van der Waals surface area (Å²) >= 11 is 0. The number of methoxy groups -OCH3 is 1. The molecular weight excluding hydrogens is 368 g/mol. The van der Waals surface area contributed by atoms with Crippen LogP contribution in [0.5, 0.6) is 11.5 Å². The van der Waals surface area contributed by atoms with Crippen LogP contribution < -0.4 is 14.8 Å². The van der Waals surface area contributed by atoms with E-state index < -0.39 is 6.10 Å². The minimum atomic E-state index is -0.543. The molecule has 0 saturated carbocycles. The van der Waals surface area contributed by atoms with Gasteiger partial charge in [0.2, 0.25) is 0 Å². The third-order valence-corrected chi connectivity index (χ3v) is 4.95. The van der Waals surface area contributed by atoms with Gasteiger partial charge in [0, 0.05) is 32.2 Å². The first-order valence-electron chi connectivity index (χ1n) is 10.1. The quantitative estimate of drug-likeness (QED) is 0.704. The average Bonchev–Trinajstić information content (AvgIpc) is 2.77. The standard InChI is InChI=1S/C23H30N2O4/c1-3-22(29-21-9-5-8-20(15-21)27-2)23(26)24-16-18-6-4-7-19(14-18)17-25-10-12-28-13-11-25/h4-9,14-15,22H,3,10-13,16-17H2,1-2H3,(H,24,26)/t22-/m0/s1. The number of ether oxygens (including phenoxy) is 3. The molecule has 1 saturated heterocycles. The SMILES string of the molecule is CC[C@H](Oc1cccc(OC)c1)C(=O)NCc1cccc(CN2CCOCC2)c1. The van der Waals surface area contributed by atoms with E-state index in [0.29, 0.717) is 24.5 Å². The fraction of sp³-hybridized carbons (Fsp3) is 0.435. The molecule has 1 amide bonds. The van der Waals surface area contributed by atoms with Crippen molar-refractivity contribution in [1.29, 1.82) is 0 Å². The maximum Gasteiger partial charge on any atom is 0.261 e. The highest BCUT2D eigenvalue weighted by Crippen LogP contribution is 2.20. The maximum absolute atomic E-state index is 12.6. The number of carbonyl (C=O) groups excluding carboxylic acids is 1. The highest BCUT2D eigenvalue weighted by atomic mass is 16.5. The van der Waals surface area contributed by atoms with Gasteiger partial charge in [0.25, 0.3) is 5.91 Å². The fourth-order valence-corrected chi connectivity index (χ4v) is 3.32. The van der Waals surface area contributed by atoms with Crippen molar-refractivity contribution in [2.75, 3.05) is 33.4 Å². The molecule has 6 heteroatoms. The Morgan fingerprint density at radius 2 is 1.83 bits per heavy atom. The molecule has 29 heavy (non-hydrogen) atoms. The van der Waals surface area contributed by atoms with Crippen LogP contribution in [0.25, 0.3) is 0 Å². The maximum atomic E-state index is 12.6. The van der Waals surface area contributed by atoms with Crippen LogP contribution in [-0.2, 0) is 22.6 Å². The lowest BCUT2D eigenvalue weighted by Crippen LogP contribution is -2.37. The van der Waals surface area contributed by atoms with Crippen molar-refractivity contribution in [3.8, 4) is 11.5 Å². The van der Waals surface area contributed by atoms with E-state index in [2.05, 4.69) is 22.3 Å². The summed E-state index contributed by atoms with van der Waals surface area (Å²) in [5.74, 6) is 1.21. The molecule has 1 N–H and O–H groups in total. The molecular formula is C23H30N2O4. The summed E-state index contributed by atoms with van der Waals surface area (Å²) in [7, 11) is 1.61. The van der Waals surface area contributed by atoms with Crippen molar-refractivity contribution in [3.63, 3.8) is 0 Å². The number of carbonyl (C=O) groups is 1. The van der Waals surface area contributed by atoms with Crippen molar-refractivity contribution in [2.45, 2.75) is 32.5 Å². The number of morpholine rings is 1. The van der Waals surface area contributed by atoms with E-state index in [4.69, 9.17) is 14.2 Å². The van der Waals surface area contributed by atoms with Gasteiger partial charge in [-0.2, -0.15) is 0 Å². The Hall–Kier alpha value is -2.57. The summed E-state index contributed by atoms with van der Waals surface area (Å²) in [5.41, 5.74) is 2.33. The highest BCUT2D eigenvalue weighted by molar-refractivity contribution is 5.81. The summed E-state index contributed by atoms with van der Waals surface area (Å²) in [6.07, 6.45) is 0.0405. The summed E-state index contributed by atoms with van der Waals surface area (Å²) in [4.78, 5) is 15.0. The lowest BCUT2D eigenvalue weighted by molar-refractivity contribution is -0.128. The Morgan fingerprint density at radius 3 is 2.59 bits per heavy atom. The normalized spacial score (nSPS) is 15.5. The van der Waals surface area contributed by atoms with Crippen LogP contribution in [0.3, 0.4) is 0 Å². The molecule has 3 rings (SSSR count). The Labute approximate surface area is 172 Å². The number of benzene rings is 2. The third-order valence-electron chi connectivity index (χ3n) is 4.95. The molecule has 1 fully saturated rings. The molecule has 1 heterocycles. The van der Waals surface area contributed by atoms with Gasteiger partial charge in [0.05, 0.1) is 20.3 Å². The van der Waals surface area contributed by atoms with Crippen molar-refractivity contribution in [3.05, 3.63) is 59.7 Å². The van der Waals surface area contributed by atoms with E-state index in [-0.39, 0.29) is 5.91 Å². The Morgan fingerprint density at radius 1 is 1.10 bits per heavy atom. The second-order valence-corrected chi connectivity index (χ2v) is 7.12. The van der Waals surface area contributed by atoms with E-state index in [1.165, 1.54) is 5.56 Å². The summed E-state index contributed by atoms with van der Waals surface area (Å²) in [5, 5.41) is 3.00. The molecule has 0 unspecified atom stereocenters. The fourth-order valence-electron chi connectivity index (χ4n) is 3.32. The van der Waals surface area contributed by atoms with E-state index in [0.717, 1.165) is 38.4 Å². The first kappa shape index (κ1) is 21.1. The van der Waals surface area contributed by atoms with E-state index in [9.17, 15) is 4.79 Å². The van der Waals surface area contributed by atoms with Gasteiger partial charge in [-0.1, -0.05) is 37.3 Å². The first-order chi connectivity index (χ1) is 14.2. The molecule has 0 aromatic heterocycles. The van der Waals surface area contributed by atoms with Crippen molar-refractivity contribution >= 4 is 5.91 Å². The van der Waals surface area contributed by atoms with Crippen LogP contribution in [-0.4, -0.2) is 50.3 Å². The van der Waals surface area contributed by atoms with Crippen LogP contribution in [0.2, 0.25) is 0 Å². The molecule has 0 spiro atoms. The summed E-state index contributed by atoms with van der Waals surface area (Å²) in [6, 6.07) is 15.7. The van der Waals surface area contributed by atoms with Gasteiger partial charge in [-0.25, -0.2) is 0 Å². The lowest BCUT2D eigenvalue weighted by Gasteiger charge is -2.26. The predicted octanol–water partition coefficient (Wildman–Crippen LogP) is 3.00. The van der Waals surface area contributed by atoms with E-state index in [1.54, 1.807) is 13.2 Å². The van der Waals surface area contributed by atoms with Crippen molar-refractivity contribution in [2.24, 2.45) is 0 Å². The number of hydrogen-bond acceptors (Lipinski definition) is 5. The van der Waals surface area contributed by atoms with Crippen LogP contribution in [0.15, 0.2) is 48.5 Å². The molecule has 6 nitrogen and oxygen atoms in total. The molecule has 1 aliphatic rings. The Bertz CT molecular complexity index is 790. The lowest BCUT2D eigenvalue weighted by atomic mass is 10.1. The van der Waals surface area contributed by atoms with Gasteiger partial charge in [0.15, 0.2) is 6.10 Å². The van der Waals surface area contributed by atoms with Gasteiger partial charge < -0.3 is 19.5 Å². The predicted molar refractivity (Wildman–Crippen MR) is 112 cm³/mol. The Balaban J connectivity index is 1.53. The zero-order valence-corrected chi connectivity index (χ0v) is 17.2. The molecule has 156 valence electrons. The van der Waals surface area contributed by atoms with Crippen LogP contribution in [0.1, 0.15) is 24.5 Å². The molecule has 0 bridgehead atoms. The van der Waals surface area contributed by atoms with Crippen LogP contribution in [0, 0.1) is 0 Å². The highest BCUT2D eigenvalue weighted by Gasteiger charge is 2.18. The van der Waals surface area contributed by atoms with Crippen LogP contribution >= 0.6 is 0 Å². The molecule has 2 aromatic rings. The number of amides is 1.